The zero-order valence-corrected chi connectivity index (χ0v) is 14.9. The van der Waals surface area contributed by atoms with Gasteiger partial charge in [0.25, 0.3) is 0 Å². The normalized spacial score (nSPS) is 10.4. The molecule has 0 aliphatic rings. The molecule has 2 aromatic carbocycles. The van der Waals surface area contributed by atoms with E-state index in [0.717, 1.165) is 11.4 Å². The smallest absolute Gasteiger partial charge is 0.226 e. The molecule has 0 unspecified atom stereocenters. The van der Waals surface area contributed by atoms with Crippen molar-refractivity contribution in [2.75, 3.05) is 16.8 Å². The third-order valence-corrected chi connectivity index (χ3v) is 3.52. The fourth-order valence-corrected chi connectivity index (χ4v) is 2.40. The quantitative estimate of drug-likeness (QED) is 0.833. The SMILES string of the molecule is CC(=O)N(CCC(=O)Nc1ccc(OC(C)C)cc1)c1ccccc1. The Hall–Kier alpha value is -2.82. The van der Waals surface area contributed by atoms with Gasteiger partial charge in [-0.1, -0.05) is 18.2 Å². The summed E-state index contributed by atoms with van der Waals surface area (Å²) < 4.78 is 5.57. The molecule has 132 valence electrons. The van der Waals surface area contributed by atoms with E-state index in [1.165, 1.54) is 6.92 Å². The number of hydrogen-bond donors (Lipinski definition) is 1. The molecule has 1 N–H and O–H groups in total. The van der Waals surface area contributed by atoms with Gasteiger partial charge < -0.3 is 15.0 Å². The highest BCUT2D eigenvalue weighted by molar-refractivity contribution is 5.94. The zero-order chi connectivity index (χ0) is 18.2. The fourth-order valence-electron chi connectivity index (χ4n) is 2.40. The Bertz CT molecular complexity index is 697. The van der Waals surface area contributed by atoms with E-state index in [1.807, 2.05) is 56.3 Å². The van der Waals surface area contributed by atoms with Crippen LogP contribution >= 0.6 is 0 Å². The summed E-state index contributed by atoms with van der Waals surface area (Å²) in [7, 11) is 0. The topological polar surface area (TPSA) is 58.6 Å². The lowest BCUT2D eigenvalue weighted by Crippen LogP contribution is -2.31. The minimum Gasteiger partial charge on any atom is -0.491 e. The van der Waals surface area contributed by atoms with Gasteiger partial charge in [-0.3, -0.25) is 9.59 Å². The van der Waals surface area contributed by atoms with Crippen LogP contribution in [0.5, 0.6) is 5.75 Å². The number of anilines is 2. The molecule has 0 aromatic heterocycles. The van der Waals surface area contributed by atoms with Crippen molar-refractivity contribution in [3.63, 3.8) is 0 Å². The third-order valence-electron chi connectivity index (χ3n) is 3.52. The van der Waals surface area contributed by atoms with Crippen LogP contribution in [-0.2, 0) is 9.59 Å². The molecule has 0 aliphatic carbocycles. The van der Waals surface area contributed by atoms with Crippen molar-refractivity contribution in [2.24, 2.45) is 0 Å². The Morgan fingerprint density at radius 3 is 2.24 bits per heavy atom. The summed E-state index contributed by atoms with van der Waals surface area (Å²) >= 11 is 0. The summed E-state index contributed by atoms with van der Waals surface area (Å²) in [5, 5.41) is 2.84. The molecule has 0 saturated heterocycles. The number of amides is 2. The van der Waals surface area contributed by atoms with Gasteiger partial charge >= 0.3 is 0 Å². The van der Waals surface area contributed by atoms with Crippen molar-refractivity contribution >= 4 is 23.2 Å². The maximum atomic E-state index is 12.2. The molecule has 5 nitrogen and oxygen atoms in total. The van der Waals surface area contributed by atoms with Gasteiger partial charge in [-0.25, -0.2) is 0 Å². The van der Waals surface area contributed by atoms with Crippen LogP contribution in [0, 0.1) is 0 Å². The summed E-state index contributed by atoms with van der Waals surface area (Å²) in [4.78, 5) is 25.6. The number of carbonyl (C=O) groups is 2. The second-order valence-corrected chi connectivity index (χ2v) is 6.00. The van der Waals surface area contributed by atoms with Gasteiger partial charge in [0.15, 0.2) is 0 Å². The van der Waals surface area contributed by atoms with Crippen LogP contribution in [0.2, 0.25) is 0 Å². The first kappa shape index (κ1) is 18.5. The van der Waals surface area contributed by atoms with E-state index < -0.39 is 0 Å². The average Bonchev–Trinajstić information content (AvgIpc) is 2.57. The molecule has 0 aliphatic heterocycles. The largest absolute Gasteiger partial charge is 0.491 e. The predicted octanol–water partition coefficient (Wildman–Crippen LogP) is 3.86. The average molecular weight is 340 g/mol. The van der Waals surface area contributed by atoms with Gasteiger partial charge in [-0.15, -0.1) is 0 Å². The van der Waals surface area contributed by atoms with Gasteiger partial charge in [0, 0.05) is 31.3 Å². The van der Waals surface area contributed by atoms with Gasteiger partial charge in [-0.05, 0) is 50.2 Å². The van der Waals surface area contributed by atoms with Crippen molar-refractivity contribution in [3.8, 4) is 5.75 Å². The minimum absolute atomic E-state index is 0.0887. The lowest BCUT2D eigenvalue weighted by molar-refractivity contribution is -0.117. The number of rotatable bonds is 7. The Balaban J connectivity index is 1.90. The van der Waals surface area contributed by atoms with E-state index in [2.05, 4.69) is 5.32 Å². The summed E-state index contributed by atoms with van der Waals surface area (Å²) in [6.45, 7) is 5.75. The predicted molar refractivity (Wildman–Crippen MR) is 99.9 cm³/mol. The molecule has 0 radical (unpaired) electrons. The maximum Gasteiger partial charge on any atom is 0.226 e. The highest BCUT2D eigenvalue weighted by Gasteiger charge is 2.13. The highest BCUT2D eigenvalue weighted by atomic mass is 16.5. The lowest BCUT2D eigenvalue weighted by Gasteiger charge is -2.20. The van der Waals surface area contributed by atoms with E-state index in [0.29, 0.717) is 12.2 Å². The number of benzene rings is 2. The highest BCUT2D eigenvalue weighted by Crippen LogP contribution is 2.18. The maximum absolute atomic E-state index is 12.2. The third kappa shape index (κ3) is 5.95. The van der Waals surface area contributed by atoms with Gasteiger partial charge in [0.2, 0.25) is 11.8 Å². The van der Waals surface area contributed by atoms with Crippen LogP contribution in [0.25, 0.3) is 0 Å². The molecule has 25 heavy (non-hydrogen) atoms. The van der Waals surface area contributed by atoms with Crippen LogP contribution in [0.1, 0.15) is 27.2 Å². The number of hydrogen-bond acceptors (Lipinski definition) is 3. The van der Waals surface area contributed by atoms with Crippen LogP contribution in [0.3, 0.4) is 0 Å². The van der Waals surface area contributed by atoms with E-state index in [9.17, 15) is 9.59 Å². The molecule has 0 bridgehead atoms. The molecule has 0 fully saturated rings. The van der Waals surface area contributed by atoms with Gasteiger partial charge in [0.05, 0.1) is 6.10 Å². The van der Waals surface area contributed by atoms with Crippen molar-refractivity contribution in [1.82, 2.24) is 0 Å². The van der Waals surface area contributed by atoms with Crippen LogP contribution < -0.4 is 15.0 Å². The second-order valence-electron chi connectivity index (χ2n) is 6.00. The molecule has 0 saturated carbocycles. The molecule has 2 amide bonds. The van der Waals surface area contributed by atoms with Gasteiger partial charge in [-0.2, -0.15) is 0 Å². The van der Waals surface area contributed by atoms with Crippen molar-refractivity contribution in [3.05, 3.63) is 54.6 Å². The Morgan fingerprint density at radius 2 is 1.68 bits per heavy atom. The van der Waals surface area contributed by atoms with Crippen molar-refractivity contribution in [1.29, 1.82) is 0 Å². The number of nitrogens with one attached hydrogen (secondary N) is 1. The standard InChI is InChI=1S/C20H24N2O3/c1-15(2)25-19-11-9-17(10-12-19)21-20(24)13-14-22(16(3)23)18-7-5-4-6-8-18/h4-12,15H,13-14H2,1-3H3,(H,21,24). The lowest BCUT2D eigenvalue weighted by atomic mass is 10.2. The monoisotopic (exact) mass is 340 g/mol. The Labute approximate surface area is 148 Å². The van der Waals surface area contributed by atoms with E-state index >= 15 is 0 Å². The minimum atomic E-state index is -0.139. The number of carbonyl (C=O) groups excluding carboxylic acids is 2. The number of ether oxygens (including phenoxy) is 1. The summed E-state index contributed by atoms with van der Waals surface area (Å²) in [6, 6.07) is 16.6. The zero-order valence-electron chi connectivity index (χ0n) is 14.9. The first-order valence-electron chi connectivity index (χ1n) is 8.35. The van der Waals surface area contributed by atoms with E-state index in [4.69, 9.17) is 4.74 Å². The first-order chi connectivity index (χ1) is 12.0. The molecule has 0 atom stereocenters. The summed E-state index contributed by atoms with van der Waals surface area (Å²) in [6.07, 6.45) is 0.328. The Kier molecular flexibility index (Phi) is 6.57. The second kappa shape index (κ2) is 8.87. The molecule has 0 spiro atoms. The molecule has 5 heteroatoms. The van der Waals surface area contributed by atoms with Crippen molar-refractivity contribution in [2.45, 2.75) is 33.3 Å². The molecule has 2 rings (SSSR count). The van der Waals surface area contributed by atoms with Crippen LogP contribution in [0.4, 0.5) is 11.4 Å². The molecule has 0 heterocycles. The van der Waals surface area contributed by atoms with Crippen LogP contribution in [-0.4, -0.2) is 24.5 Å². The Morgan fingerprint density at radius 1 is 1.04 bits per heavy atom. The summed E-state index contributed by atoms with van der Waals surface area (Å²) in [5.74, 6) is 0.536. The summed E-state index contributed by atoms with van der Waals surface area (Å²) in [5.41, 5.74) is 1.49. The number of para-hydroxylation sites is 1. The fraction of sp³-hybridized carbons (Fsp3) is 0.300. The van der Waals surface area contributed by atoms with Crippen molar-refractivity contribution < 1.29 is 14.3 Å². The van der Waals surface area contributed by atoms with Gasteiger partial charge in [0.1, 0.15) is 5.75 Å². The first-order valence-corrected chi connectivity index (χ1v) is 8.35. The van der Waals surface area contributed by atoms with Crippen LogP contribution in [0.15, 0.2) is 54.6 Å². The van der Waals surface area contributed by atoms with E-state index in [-0.39, 0.29) is 24.3 Å². The molecular weight excluding hydrogens is 316 g/mol. The molecule has 2 aromatic rings. The van der Waals surface area contributed by atoms with E-state index in [1.54, 1.807) is 17.0 Å². The number of nitrogens with zero attached hydrogens (tertiary/aromatic N) is 1. The molecular formula is C20H24N2O3.